The second-order valence-corrected chi connectivity index (χ2v) is 8.33. The Morgan fingerprint density at radius 3 is 2.67 bits per heavy atom. The number of hydrogen-bond donors (Lipinski definition) is 2. The number of nitrogens with one attached hydrogen (secondary N) is 1. The highest BCUT2D eigenvalue weighted by Gasteiger charge is 2.50. The third-order valence-corrected chi connectivity index (χ3v) is 6.07. The summed E-state index contributed by atoms with van der Waals surface area (Å²) >= 11 is 0. The molecule has 0 saturated heterocycles. The van der Waals surface area contributed by atoms with Crippen molar-refractivity contribution in [2.45, 2.75) is 44.1 Å². The highest BCUT2D eigenvalue weighted by Crippen LogP contribution is 2.48. The molecule has 2 aliphatic carbocycles. The van der Waals surface area contributed by atoms with Gasteiger partial charge in [-0.3, -0.25) is 14.6 Å². The summed E-state index contributed by atoms with van der Waals surface area (Å²) in [5.74, 6) is -0.344. The average Bonchev–Trinajstić information content (AvgIpc) is 3.67. The van der Waals surface area contributed by atoms with E-state index in [2.05, 4.69) is 15.4 Å². The number of aryl methyl sites for hydroxylation is 1. The van der Waals surface area contributed by atoms with Crippen LogP contribution in [0.5, 0.6) is 0 Å². The summed E-state index contributed by atoms with van der Waals surface area (Å²) in [5, 5.41) is 7.51. The van der Waals surface area contributed by atoms with Crippen LogP contribution in [0.15, 0.2) is 49.1 Å². The van der Waals surface area contributed by atoms with Gasteiger partial charge >= 0.3 is 0 Å². The van der Waals surface area contributed by atoms with Crippen molar-refractivity contribution in [2.24, 2.45) is 5.73 Å². The Labute approximate surface area is 174 Å². The van der Waals surface area contributed by atoms with Crippen molar-refractivity contribution in [1.29, 1.82) is 0 Å². The van der Waals surface area contributed by atoms with E-state index in [1.807, 2.05) is 37.4 Å². The lowest BCUT2D eigenvalue weighted by molar-refractivity contribution is -0.120. The fraction of sp³-hybridized carbons (Fsp3) is 0.304. The number of nitrogens with two attached hydrogens (primary N) is 1. The fourth-order valence-corrected chi connectivity index (χ4v) is 3.79. The monoisotopic (exact) mass is 401 g/mol. The van der Waals surface area contributed by atoms with Gasteiger partial charge in [0.1, 0.15) is 0 Å². The number of amides is 2. The molecule has 152 valence electrons. The molecule has 3 N–H and O–H groups in total. The molecule has 7 nitrogen and oxygen atoms in total. The molecule has 1 aromatic carbocycles. The summed E-state index contributed by atoms with van der Waals surface area (Å²) in [4.78, 5) is 28.6. The molecule has 2 heterocycles. The number of pyridine rings is 1. The molecule has 30 heavy (non-hydrogen) atoms. The molecule has 7 heteroatoms. The smallest absolute Gasteiger partial charge is 0.251 e. The first-order valence-electron chi connectivity index (χ1n) is 10.2. The van der Waals surface area contributed by atoms with Gasteiger partial charge in [0.2, 0.25) is 5.91 Å². The average molecular weight is 401 g/mol. The first-order valence-corrected chi connectivity index (χ1v) is 10.2. The number of benzene rings is 1. The lowest BCUT2D eigenvalue weighted by Gasteiger charge is -2.12. The van der Waals surface area contributed by atoms with E-state index in [1.54, 1.807) is 23.3 Å². The first kappa shape index (κ1) is 18.5. The summed E-state index contributed by atoms with van der Waals surface area (Å²) in [6.07, 6.45) is 10.7. The van der Waals surface area contributed by atoms with Crippen molar-refractivity contribution >= 4 is 11.8 Å². The van der Waals surface area contributed by atoms with Gasteiger partial charge in [-0.15, -0.1) is 0 Å². The predicted molar refractivity (Wildman–Crippen MR) is 112 cm³/mol. The molecule has 2 aliphatic rings. The van der Waals surface area contributed by atoms with Crippen LogP contribution in [0.2, 0.25) is 0 Å². The van der Waals surface area contributed by atoms with Crippen LogP contribution < -0.4 is 11.1 Å². The molecular weight excluding hydrogens is 378 g/mol. The normalized spacial score (nSPS) is 16.8. The topological polar surface area (TPSA) is 103 Å². The van der Waals surface area contributed by atoms with Crippen LogP contribution in [0, 0.1) is 6.92 Å². The summed E-state index contributed by atoms with van der Waals surface area (Å²) in [5.41, 5.74) is 10.2. The van der Waals surface area contributed by atoms with Crippen molar-refractivity contribution in [1.82, 2.24) is 20.1 Å². The minimum absolute atomic E-state index is 0.0378. The number of hydrogen-bond acceptors (Lipinski definition) is 4. The molecular formula is C23H23N5O2. The zero-order chi connectivity index (χ0) is 20.9. The van der Waals surface area contributed by atoms with E-state index in [9.17, 15) is 9.59 Å². The van der Waals surface area contributed by atoms with Crippen LogP contribution in [-0.2, 0) is 10.2 Å². The van der Waals surface area contributed by atoms with Crippen molar-refractivity contribution in [2.75, 3.05) is 0 Å². The van der Waals surface area contributed by atoms with Gasteiger partial charge < -0.3 is 11.1 Å². The third-order valence-electron chi connectivity index (χ3n) is 6.07. The quantitative estimate of drug-likeness (QED) is 0.663. The molecule has 5 rings (SSSR count). The second-order valence-electron chi connectivity index (χ2n) is 8.33. The molecule has 2 aromatic heterocycles. The Morgan fingerprint density at radius 1 is 1.17 bits per heavy atom. The molecule has 0 radical (unpaired) electrons. The van der Waals surface area contributed by atoms with Gasteiger partial charge in [0.15, 0.2) is 0 Å². The van der Waals surface area contributed by atoms with Crippen LogP contribution >= 0.6 is 0 Å². The highest BCUT2D eigenvalue weighted by atomic mass is 16.2. The van der Waals surface area contributed by atoms with Crippen LogP contribution in [0.1, 0.15) is 47.2 Å². The molecule has 0 aliphatic heterocycles. The Morgan fingerprint density at radius 2 is 1.97 bits per heavy atom. The number of nitrogens with zero attached hydrogens (tertiary/aromatic N) is 3. The van der Waals surface area contributed by atoms with Gasteiger partial charge in [0.25, 0.3) is 5.91 Å². The van der Waals surface area contributed by atoms with E-state index in [-0.39, 0.29) is 11.8 Å². The molecule has 2 amide bonds. The zero-order valence-corrected chi connectivity index (χ0v) is 16.8. The highest BCUT2D eigenvalue weighted by molar-refractivity contribution is 5.96. The molecule has 2 fully saturated rings. The molecule has 0 unspecified atom stereocenters. The van der Waals surface area contributed by atoms with Crippen molar-refractivity contribution < 1.29 is 9.59 Å². The van der Waals surface area contributed by atoms with E-state index < -0.39 is 5.41 Å². The summed E-state index contributed by atoms with van der Waals surface area (Å²) in [6.45, 7) is 2.02. The van der Waals surface area contributed by atoms with E-state index in [4.69, 9.17) is 5.73 Å². The maximum atomic E-state index is 12.4. The van der Waals surface area contributed by atoms with E-state index in [0.717, 1.165) is 53.6 Å². The zero-order valence-electron chi connectivity index (χ0n) is 16.8. The number of carbonyl (C=O) groups is 2. The Kier molecular flexibility index (Phi) is 4.20. The minimum Gasteiger partial charge on any atom is -0.369 e. The Bertz CT molecular complexity index is 1160. The maximum Gasteiger partial charge on any atom is 0.251 e. The number of primary amides is 1. The fourth-order valence-electron chi connectivity index (χ4n) is 3.79. The summed E-state index contributed by atoms with van der Waals surface area (Å²) in [6, 6.07) is 7.97. The first-order chi connectivity index (χ1) is 14.5. The van der Waals surface area contributed by atoms with Crippen LogP contribution in [0.3, 0.4) is 0 Å². The lowest BCUT2D eigenvalue weighted by atomic mass is 9.97. The maximum absolute atomic E-state index is 12.4. The second kappa shape index (κ2) is 6.79. The molecule has 0 spiro atoms. The van der Waals surface area contributed by atoms with Gasteiger partial charge in [-0.05, 0) is 67.5 Å². The van der Waals surface area contributed by atoms with Crippen LogP contribution in [0.4, 0.5) is 0 Å². The van der Waals surface area contributed by atoms with E-state index in [1.165, 1.54) is 0 Å². The van der Waals surface area contributed by atoms with Crippen LogP contribution in [0.25, 0.3) is 16.8 Å². The number of rotatable bonds is 6. The lowest BCUT2D eigenvalue weighted by Crippen LogP contribution is -2.28. The Hall–Kier alpha value is -3.48. The van der Waals surface area contributed by atoms with Gasteiger partial charge in [-0.1, -0.05) is 6.07 Å². The molecule has 3 aromatic rings. The van der Waals surface area contributed by atoms with Gasteiger partial charge in [0, 0.05) is 29.6 Å². The van der Waals surface area contributed by atoms with Gasteiger partial charge in [0.05, 0.1) is 23.5 Å². The molecule has 2 saturated carbocycles. The van der Waals surface area contributed by atoms with Crippen molar-refractivity contribution in [3.8, 4) is 16.8 Å². The van der Waals surface area contributed by atoms with E-state index in [0.29, 0.717) is 11.6 Å². The number of carbonyl (C=O) groups excluding carboxylic acids is 2. The third kappa shape index (κ3) is 3.26. The van der Waals surface area contributed by atoms with Gasteiger partial charge in [-0.2, -0.15) is 5.10 Å². The predicted octanol–water partition coefficient (Wildman–Crippen LogP) is 2.65. The van der Waals surface area contributed by atoms with Crippen LogP contribution in [-0.4, -0.2) is 32.6 Å². The van der Waals surface area contributed by atoms with Crippen molar-refractivity contribution in [3.63, 3.8) is 0 Å². The number of aromatic nitrogens is 3. The Balaban J connectivity index is 1.45. The summed E-state index contributed by atoms with van der Waals surface area (Å²) in [7, 11) is 0. The standard InChI is InChI=1S/C23H23N5O2/c1-14-2-3-15(21(29)27-18-4-5-18)8-20(14)16-10-26-28(13-16)19-9-17(11-25-12-19)23(6-7-23)22(24)30/h2-3,8-13,18H,4-7H2,1H3,(H2,24,30)(H,27,29). The van der Waals surface area contributed by atoms with Gasteiger partial charge in [-0.25, -0.2) is 4.68 Å². The van der Waals surface area contributed by atoms with Crippen molar-refractivity contribution in [3.05, 3.63) is 65.7 Å². The molecule has 0 atom stereocenters. The SMILES string of the molecule is Cc1ccc(C(=O)NC2CC2)cc1-c1cnn(-c2cncc(C3(C(N)=O)CC3)c2)c1. The summed E-state index contributed by atoms with van der Waals surface area (Å²) < 4.78 is 1.74. The molecule has 0 bridgehead atoms. The largest absolute Gasteiger partial charge is 0.369 e. The van der Waals surface area contributed by atoms with E-state index >= 15 is 0 Å². The minimum atomic E-state index is -0.584.